The van der Waals surface area contributed by atoms with Gasteiger partial charge in [0.1, 0.15) is 5.65 Å². The largest absolute Gasteiger partial charge is 0.331 e. The van der Waals surface area contributed by atoms with E-state index < -0.39 is 0 Å². The molecule has 6 nitrogen and oxygen atoms in total. The van der Waals surface area contributed by atoms with Gasteiger partial charge in [0.25, 0.3) is 0 Å². The van der Waals surface area contributed by atoms with Gasteiger partial charge in [-0.3, -0.25) is 9.25 Å². The molecule has 0 spiro atoms. The topological polar surface area (TPSA) is 64.7 Å². The molecule has 3 heterocycles. The summed E-state index contributed by atoms with van der Waals surface area (Å²) in [4.78, 5) is 17.1. The lowest BCUT2D eigenvalue weighted by molar-refractivity contribution is 0.254. The fraction of sp³-hybridized carbons (Fsp3) is 0.348. The number of amides is 1. The summed E-state index contributed by atoms with van der Waals surface area (Å²) in [6.45, 7) is 2.32. The number of anilines is 1. The van der Waals surface area contributed by atoms with E-state index in [1.807, 2.05) is 36.4 Å². The van der Waals surface area contributed by atoms with Crippen LogP contribution in [0.4, 0.5) is 10.5 Å². The maximum absolute atomic E-state index is 12.8. The molecule has 5 rings (SSSR count). The molecule has 1 aliphatic rings. The van der Waals surface area contributed by atoms with Crippen molar-refractivity contribution in [3.8, 4) is 0 Å². The molecule has 7 heteroatoms. The lowest BCUT2D eigenvalue weighted by Crippen LogP contribution is -2.22. The van der Waals surface area contributed by atoms with Gasteiger partial charge < -0.3 is 5.32 Å². The number of hydrogen-bond donors (Lipinski definition) is 1. The fourth-order valence-electron chi connectivity index (χ4n) is 4.45. The third-order valence-corrected chi connectivity index (χ3v) is 7.22. The number of pyridine rings is 1. The molecule has 1 aromatic carbocycles. The number of hydrogen-bond acceptors (Lipinski definition) is 3. The summed E-state index contributed by atoms with van der Waals surface area (Å²) < 4.78 is 4.41. The van der Waals surface area contributed by atoms with Gasteiger partial charge in [0.2, 0.25) is 0 Å². The van der Waals surface area contributed by atoms with Crippen LogP contribution in [0.25, 0.3) is 21.9 Å². The van der Waals surface area contributed by atoms with Crippen molar-refractivity contribution in [2.45, 2.75) is 42.6 Å². The summed E-state index contributed by atoms with van der Waals surface area (Å²) >= 11 is 2.55. The average molecular weight is 513 g/mol. The second-order valence-corrected chi connectivity index (χ2v) is 10.1. The van der Waals surface area contributed by atoms with Gasteiger partial charge in [0, 0.05) is 39.0 Å². The van der Waals surface area contributed by atoms with Gasteiger partial charge >= 0.3 is 6.03 Å². The van der Waals surface area contributed by atoms with Gasteiger partial charge in [-0.2, -0.15) is 5.10 Å². The molecule has 3 aromatic heterocycles. The number of carbonyl (C=O) groups excluding carboxylic acids is 1. The first-order valence-corrected chi connectivity index (χ1v) is 11.7. The van der Waals surface area contributed by atoms with Gasteiger partial charge in [-0.25, -0.2) is 9.78 Å². The number of aromatic nitrogens is 4. The molecule has 0 saturated heterocycles. The van der Waals surface area contributed by atoms with Crippen LogP contribution in [0.3, 0.4) is 0 Å². The van der Waals surface area contributed by atoms with E-state index in [2.05, 4.69) is 50.7 Å². The highest BCUT2D eigenvalue weighted by Gasteiger charge is 2.25. The number of carbonyl (C=O) groups is 1. The van der Waals surface area contributed by atoms with Crippen molar-refractivity contribution >= 4 is 56.2 Å². The number of fused-ring (bicyclic) bond motifs is 2. The zero-order chi connectivity index (χ0) is 20.7. The maximum atomic E-state index is 12.8. The van der Waals surface area contributed by atoms with Crippen LogP contribution in [-0.4, -0.2) is 29.3 Å². The molecule has 1 atom stereocenters. The minimum absolute atomic E-state index is 0.221. The van der Waals surface area contributed by atoms with Crippen LogP contribution in [-0.2, 0) is 0 Å². The molecule has 1 unspecified atom stereocenters. The highest BCUT2D eigenvalue weighted by Crippen LogP contribution is 2.36. The number of benzene rings is 1. The smallest absolute Gasteiger partial charge is 0.307 e. The molecule has 0 aliphatic heterocycles. The highest BCUT2D eigenvalue weighted by molar-refractivity contribution is 14.1. The van der Waals surface area contributed by atoms with E-state index >= 15 is 0 Å². The van der Waals surface area contributed by atoms with E-state index in [0.717, 1.165) is 31.8 Å². The van der Waals surface area contributed by atoms with E-state index in [1.165, 1.54) is 30.3 Å². The van der Waals surface area contributed by atoms with Gasteiger partial charge in [-0.05, 0) is 68.0 Å². The summed E-state index contributed by atoms with van der Waals surface area (Å²) in [7, 11) is 0. The van der Waals surface area contributed by atoms with Crippen molar-refractivity contribution in [3.63, 3.8) is 0 Å². The third kappa shape index (κ3) is 3.71. The lowest BCUT2D eigenvalue weighted by atomic mass is 9.84. The molecular formula is C23H24IN5O. The Morgan fingerprint density at radius 1 is 1.17 bits per heavy atom. The maximum Gasteiger partial charge on any atom is 0.331 e. The number of nitrogens with zero attached hydrogens (tertiary/aromatic N) is 4. The Bertz CT molecular complexity index is 1200. The van der Waals surface area contributed by atoms with E-state index in [0.29, 0.717) is 11.7 Å². The Morgan fingerprint density at radius 2 is 2.00 bits per heavy atom. The van der Waals surface area contributed by atoms with Gasteiger partial charge in [0.15, 0.2) is 0 Å². The van der Waals surface area contributed by atoms with Crippen LogP contribution in [0.5, 0.6) is 0 Å². The molecule has 154 valence electrons. The predicted octanol–water partition coefficient (Wildman–Crippen LogP) is 6.02. The van der Waals surface area contributed by atoms with Crippen molar-refractivity contribution in [3.05, 3.63) is 55.0 Å². The summed E-state index contributed by atoms with van der Waals surface area (Å²) in [5.41, 5.74) is 2.37. The monoisotopic (exact) mass is 513 g/mol. The molecule has 1 saturated carbocycles. The van der Waals surface area contributed by atoms with Gasteiger partial charge in [-0.15, -0.1) is 0 Å². The molecule has 30 heavy (non-hydrogen) atoms. The van der Waals surface area contributed by atoms with Crippen molar-refractivity contribution < 1.29 is 4.79 Å². The SMILES string of the molecule is CC(I)C1CCC(n2cc3cc(NC(=O)n4ccc5cccnc54)ccc3n2)CC1. The van der Waals surface area contributed by atoms with E-state index in [9.17, 15) is 4.79 Å². The van der Waals surface area contributed by atoms with Crippen LogP contribution >= 0.6 is 22.6 Å². The minimum Gasteiger partial charge on any atom is -0.307 e. The quantitative estimate of drug-likeness (QED) is 0.269. The Kier molecular flexibility index (Phi) is 5.22. The van der Waals surface area contributed by atoms with Crippen molar-refractivity contribution in [2.24, 2.45) is 5.92 Å². The van der Waals surface area contributed by atoms with Crippen molar-refractivity contribution in [1.29, 1.82) is 0 Å². The van der Waals surface area contributed by atoms with E-state index in [-0.39, 0.29) is 6.03 Å². The first-order valence-electron chi connectivity index (χ1n) is 10.4. The van der Waals surface area contributed by atoms with Crippen LogP contribution in [0.1, 0.15) is 38.6 Å². The Labute approximate surface area is 188 Å². The number of rotatable bonds is 3. The Hall–Kier alpha value is -2.42. The minimum atomic E-state index is -0.221. The van der Waals surface area contributed by atoms with Crippen LogP contribution in [0, 0.1) is 5.92 Å². The highest BCUT2D eigenvalue weighted by atomic mass is 127. The number of nitrogens with one attached hydrogen (secondary N) is 1. The van der Waals surface area contributed by atoms with E-state index in [4.69, 9.17) is 5.10 Å². The molecule has 1 aliphatic carbocycles. The fourth-order valence-corrected chi connectivity index (χ4v) is 5.17. The standard InChI is InChI=1S/C23H24IN5O/c1-15(24)16-4-7-20(8-5-16)29-14-18-13-19(6-9-21(18)27-29)26-23(30)28-12-10-17-3-2-11-25-22(17)28/h2-3,6,9-16,20H,4-5,7-8H2,1H3,(H,26,30). The molecular weight excluding hydrogens is 489 g/mol. The van der Waals surface area contributed by atoms with Crippen molar-refractivity contribution in [1.82, 2.24) is 19.3 Å². The first kappa shape index (κ1) is 19.5. The zero-order valence-corrected chi connectivity index (χ0v) is 19.0. The predicted molar refractivity (Wildman–Crippen MR) is 128 cm³/mol. The van der Waals surface area contributed by atoms with Crippen LogP contribution in [0.2, 0.25) is 0 Å². The van der Waals surface area contributed by atoms with Gasteiger partial charge in [-0.1, -0.05) is 29.5 Å². The molecule has 1 amide bonds. The molecule has 1 N–H and O–H groups in total. The lowest BCUT2D eigenvalue weighted by Gasteiger charge is -2.30. The van der Waals surface area contributed by atoms with Gasteiger partial charge in [0.05, 0.1) is 11.6 Å². The number of halogens is 1. The summed E-state index contributed by atoms with van der Waals surface area (Å²) in [6, 6.07) is 11.8. The second-order valence-electron chi connectivity index (χ2n) is 8.16. The summed E-state index contributed by atoms with van der Waals surface area (Å²) in [5.74, 6) is 0.827. The number of alkyl halides is 1. The second kappa shape index (κ2) is 8.02. The first-order chi connectivity index (χ1) is 14.6. The van der Waals surface area contributed by atoms with Crippen LogP contribution in [0.15, 0.2) is 55.0 Å². The van der Waals surface area contributed by atoms with Crippen molar-refractivity contribution in [2.75, 3.05) is 5.32 Å². The van der Waals surface area contributed by atoms with Crippen LogP contribution < -0.4 is 5.32 Å². The third-order valence-electron chi connectivity index (χ3n) is 6.21. The zero-order valence-electron chi connectivity index (χ0n) is 16.8. The Morgan fingerprint density at radius 3 is 2.80 bits per heavy atom. The Balaban J connectivity index is 1.33. The summed E-state index contributed by atoms with van der Waals surface area (Å²) in [5, 5.41) is 9.78. The summed E-state index contributed by atoms with van der Waals surface area (Å²) in [6.07, 6.45) is 10.5. The molecule has 1 fully saturated rings. The molecule has 4 aromatic rings. The normalized spacial score (nSPS) is 20.5. The molecule has 0 radical (unpaired) electrons. The van der Waals surface area contributed by atoms with E-state index in [1.54, 1.807) is 12.4 Å². The molecule has 0 bridgehead atoms. The average Bonchev–Trinajstić information content (AvgIpc) is 3.38.